The minimum Gasteiger partial charge on any atom is -0.387 e. The van der Waals surface area contributed by atoms with Crippen LogP contribution in [0, 0.1) is 0 Å². The lowest BCUT2D eigenvalue weighted by atomic mass is 9.99. The van der Waals surface area contributed by atoms with Crippen molar-refractivity contribution < 1.29 is 0 Å². The molecule has 4 aromatic carbocycles. The van der Waals surface area contributed by atoms with Crippen LogP contribution < -0.4 is 5.32 Å². The zero-order valence-electron chi connectivity index (χ0n) is 23.8. The highest BCUT2D eigenvalue weighted by atomic mass is 35.5. The summed E-state index contributed by atoms with van der Waals surface area (Å²) >= 11 is 6.83. The van der Waals surface area contributed by atoms with E-state index in [-0.39, 0.29) is 0 Å². The minimum absolute atomic E-state index is 0.691. The maximum Gasteiger partial charge on any atom is 0.0899 e. The largest absolute Gasteiger partial charge is 0.387 e. The van der Waals surface area contributed by atoms with E-state index in [0.717, 1.165) is 57.1 Å². The van der Waals surface area contributed by atoms with E-state index in [1.807, 2.05) is 48.7 Å². The number of benzene rings is 4. The second-order valence-corrected chi connectivity index (χ2v) is 11.3. The monoisotopic (exact) mass is 586 g/mol. The highest BCUT2D eigenvalue weighted by molar-refractivity contribution is 6.33. The summed E-state index contributed by atoms with van der Waals surface area (Å²) in [7, 11) is 0. The molecule has 1 aliphatic rings. The first-order chi connectivity index (χ1) is 21.7. The van der Waals surface area contributed by atoms with Crippen molar-refractivity contribution in [1.82, 2.24) is 19.9 Å². The quantitative estimate of drug-likeness (QED) is 0.218. The molecule has 8 rings (SSSR count). The van der Waals surface area contributed by atoms with Gasteiger partial charge in [-0.15, -0.1) is 0 Å². The van der Waals surface area contributed by atoms with Crippen LogP contribution in [-0.4, -0.2) is 14.5 Å². The Morgan fingerprint density at radius 3 is 2.23 bits per heavy atom. The maximum absolute atomic E-state index is 6.83. The van der Waals surface area contributed by atoms with Crippen LogP contribution in [0.25, 0.3) is 67.6 Å². The molecular weight excluding hydrogens is 560 g/mol. The average Bonchev–Trinajstić information content (AvgIpc) is 3.43. The molecule has 0 spiro atoms. The van der Waals surface area contributed by atoms with E-state index < -0.39 is 0 Å². The Morgan fingerprint density at radius 2 is 1.41 bits per heavy atom. The molecule has 4 heterocycles. The summed E-state index contributed by atoms with van der Waals surface area (Å²) in [6.07, 6.45) is 5.99. The number of hydrogen-bond acceptors (Lipinski definition) is 3. The number of fused-ring (bicyclic) bond motifs is 3. The summed E-state index contributed by atoms with van der Waals surface area (Å²) in [6.45, 7) is 0.823. The first-order valence-corrected chi connectivity index (χ1v) is 15.0. The molecule has 0 unspecified atom stereocenters. The van der Waals surface area contributed by atoms with E-state index in [9.17, 15) is 0 Å². The van der Waals surface area contributed by atoms with Crippen molar-refractivity contribution in [3.63, 3.8) is 0 Å². The van der Waals surface area contributed by atoms with Gasteiger partial charge in [0.1, 0.15) is 0 Å². The lowest BCUT2D eigenvalue weighted by Gasteiger charge is -2.14. The molecule has 0 saturated carbocycles. The zero-order valence-corrected chi connectivity index (χ0v) is 24.5. The van der Waals surface area contributed by atoms with Gasteiger partial charge in [-0.2, -0.15) is 0 Å². The number of pyridine rings is 2. The van der Waals surface area contributed by atoms with Gasteiger partial charge in [-0.25, -0.2) is 4.98 Å². The van der Waals surface area contributed by atoms with E-state index in [1.54, 1.807) is 6.20 Å². The second kappa shape index (κ2) is 11.0. The van der Waals surface area contributed by atoms with Crippen molar-refractivity contribution in [2.75, 3.05) is 0 Å². The summed E-state index contributed by atoms with van der Waals surface area (Å²) in [5.74, 6) is 0. The number of nitrogens with one attached hydrogen (secondary N) is 1. The molecule has 4 nitrogen and oxygen atoms in total. The Bertz CT molecular complexity index is 2170. The normalized spacial score (nSPS) is 12.2. The number of para-hydroxylation sites is 1. The Kier molecular flexibility index (Phi) is 6.55. The lowest BCUT2D eigenvalue weighted by Crippen LogP contribution is -2.10. The maximum atomic E-state index is 6.83. The van der Waals surface area contributed by atoms with Crippen molar-refractivity contribution in [3.05, 3.63) is 156 Å². The Morgan fingerprint density at radius 1 is 0.636 bits per heavy atom. The predicted octanol–water partition coefficient (Wildman–Crippen LogP) is 9.82. The van der Waals surface area contributed by atoms with Crippen molar-refractivity contribution in [1.29, 1.82) is 0 Å². The van der Waals surface area contributed by atoms with Gasteiger partial charge in [-0.05, 0) is 77.5 Å². The molecular formula is C39H27ClN4. The molecule has 1 N–H and O–H groups in total. The van der Waals surface area contributed by atoms with Gasteiger partial charge in [-0.1, -0.05) is 90.5 Å². The van der Waals surface area contributed by atoms with Crippen molar-refractivity contribution in [3.8, 4) is 50.6 Å². The first-order valence-electron chi connectivity index (χ1n) is 14.6. The SMILES string of the molecule is Clc1cc(-c2cc(-c3ccc(-n4c5c(c6ccccc64)CNC=C5)cc3)cc(-c3ccccn3)n2)ccc1-c1ccccc1. The highest BCUT2D eigenvalue weighted by Gasteiger charge is 2.18. The third-order valence-electron chi connectivity index (χ3n) is 8.22. The Labute approximate surface area is 261 Å². The Balaban J connectivity index is 1.22. The molecule has 1 aliphatic heterocycles. The topological polar surface area (TPSA) is 42.7 Å². The van der Waals surface area contributed by atoms with Crippen LogP contribution in [0.1, 0.15) is 11.3 Å². The zero-order chi connectivity index (χ0) is 29.5. The van der Waals surface area contributed by atoms with Gasteiger partial charge >= 0.3 is 0 Å². The number of halogens is 1. The smallest absolute Gasteiger partial charge is 0.0899 e. The molecule has 44 heavy (non-hydrogen) atoms. The molecule has 7 aromatic rings. The molecule has 0 radical (unpaired) electrons. The molecule has 0 saturated heterocycles. The molecule has 0 atom stereocenters. The molecule has 210 valence electrons. The van der Waals surface area contributed by atoms with E-state index in [1.165, 1.54) is 22.2 Å². The van der Waals surface area contributed by atoms with E-state index in [4.69, 9.17) is 16.6 Å². The number of hydrogen-bond donors (Lipinski definition) is 1. The third-order valence-corrected chi connectivity index (χ3v) is 8.53. The van der Waals surface area contributed by atoms with Crippen LogP contribution in [0.2, 0.25) is 5.02 Å². The standard InChI is InChI=1S/C39H27ClN4/c40-34-22-28(15-18-31(34)27-8-2-1-3-9-27)36-23-29(24-37(43-36)35-11-6-7-20-42-35)26-13-16-30(17-14-26)44-38-12-5-4-10-32(38)33-25-41-21-19-39(33)44/h1-24,41H,25H2. The van der Waals surface area contributed by atoms with Gasteiger partial charge in [0.2, 0.25) is 0 Å². The number of nitrogens with zero attached hydrogens (tertiary/aromatic N) is 3. The third kappa shape index (κ3) is 4.66. The van der Waals surface area contributed by atoms with Crippen LogP contribution in [0.5, 0.6) is 0 Å². The fraction of sp³-hybridized carbons (Fsp3) is 0.0256. The second-order valence-electron chi connectivity index (χ2n) is 10.9. The number of aromatic nitrogens is 3. The van der Waals surface area contributed by atoms with Gasteiger partial charge in [-0.3, -0.25) is 4.98 Å². The van der Waals surface area contributed by atoms with Crippen LogP contribution in [0.4, 0.5) is 0 Å². The summed E-state index contributed by atoms with van der Waals surface area (Å²) in [5, 5.41) is 5.34. The molecule has 0 amide bonds. The van der Waals surface area contributed by atoms with Gasteiger partial charge in [0.05, 0.1) is 28.3 Å². The predicted molar refractivity (Wildman–Crippen MR) is 181 cm³/mol. The van der Waals surface area contributed by atoms with E-state index in [2.05, 4.69) is 106 Å². The van der Waals surface area contributed by atoms with Gasteiger partial charge in [0.15, 0.2) is 0 Å². The van der Waals surface area contributed by atoms with E-state index >= 15 is 0 Å². The first kappa shape index (κ1) is 26.2. The highest BCUT2D eigenvalue weighted by Crippen LogP contribution is 2.36. The fourth-order valence-corrected chi connectivity index (χ4v) is 6.37. The summed E-state index contributed by atoms with van der Waals surface area (Å²) in [6, 6.07) is 43.9. The van der Waals surface area contributed by atoms with Gasteiger partial charge in [0.25, 0.3) is 0 Å². The molecule has 5 heteroatoms. The summed E-state index contributed by atoms with van der Waals surface area (Å²) in [4.78, 5) is 9.65. The molecule has 0 fully saturated rings. The number of rotatable bonds is 5. The van der Waals surface area contributed by atoms with Gasteiger partial charge < -0.3 is 9.88 Å². The molecule has 0 aliphatic carbocycles. The fourth-order valence-electron chi connectivity index (χ4n) is 6.08. The van der Waals surface area contributed by atoms with Crippen LogP contribution >= 0.6 is 11.6 Å². The van der Waals surface area contributed by atoms with E-state index in [0.29, 0.717) is 5.02 Å². The average molecular weight is 587 g/mol. The molecule has 3 aromatic heterocycles. The van der Waals surface area contributed by atoms with Crippen LogP contribution in [-0.2, 0) is 6.54 Å². The van der Waals surface area contributed by atoms with Crippen molar-refractivity contribution >= 4 is 28.6 Å². The van der Waals surface area contributed by atoms with Crippen molar-refractivity contribution in [2.45, 2.75) is 6.54 Å². The van der Waals surface area contributed by atoms with Gasteiger partial charge in [0, 0.05) is 45.5 Å². The summed E-state index contributed by atoms with van der Waals surface area (Å²) in [5.41, 5.74) is 12.6. The lowest BCUT2D eigenvalue weighted by molar-refractivity contribution is 0.855. The van der Waals surface area contributed by atoms with Crippen molar-refractivity contribution in [2.24, 2.45) is 0 Å². The van der Waals surface area contributed by atoms with Crippen LogP contribution in [0.15, 0.2) is 140 Å². The summed E-state index contributed by atoms with van der Waals surface area (Å²) < 4.78 is 2.35. The van der Waals surface area contributed by atoms with Crippen LogP contribution in [0.3, 0.4) is 0 Å². The molecule has 0 bridgehead atoms. The minimum atomic E-state index is 0.691. The Hall–Kier alpha value is -5.45.